The summed E-state index contributed by atoms with van der Waals surface area (Å²) in [5.41, 5.74) is 0. The van der Waals surface area contributed by atoms with Gasteiger partial charge in [0.05, 0.1) is 25.0 Å². The van der Waals surface area contributed by atoms with Crippen LogP contribution in [0.5, 0.6) is 0 Å². The maximum absolute atomic E-state index is 11.2. The Morgan fingerprint density at radius 3 is 1.39 bits per heavy atom. The smallest absolute Gasteiger partial charge is 0.407 e. The number of hydrogen-bond acceptors (Lipinski definition) is 6. The highest BCUT2D eigenvalue weighted by molar-refractivity contribution is 7.98. The van der Waals surface area contributed by atoms with Crippen molar-refractivity contribution < 1.29 is 19.1 Å². The third-order valence-corrected chi connectivity index (χ3v) is 3.84. The average Bonchev–Trinajstić information content (AvgIpc) is 2.55. The Hall–Kier alpha value is -0.760. The first kappa shape index (κ1) is 22.2. The van der Waals surface area contributed by atoms with Gasteiger partial charge in [0.25, 0.3) is 0 Å². The molecular formula is C15H30N2O4S2. The number of amides is 2. The summed E-state index contributed by atoms with van der Waals surface area (Å²) in [6.45, 7) is 0.971. The molecular weight excluding hydrogens is 336 g/mol. The molecule has 0 spiro atoms. The van der Waals surface area contributed by atoms with Gasteiger partial charge in [-0.3, -0.25) is 0 Å². The van der Waals surface area contributed by atoms with E-state index in [-0.39, 0.29) is 12.2 Å². The van der Waals surface area contributed by atoms with Crippen LogP contribution in [0.15, 0.2) is 0 Å². The van der Waals surface area contributed by atoms with Crippen molar-refractivity contribution in [2.45, 2.75) is 44.9 Å². The molecule has 2 amide bonds. The molecule has 0 aliphatic heterocycles. The Balaban J connectivity index is 3.16. The van der Waals surface area contributed by atoms with E-state index in [4.69, 9.17) is 9.47 Å². The van der Waals surface area contributed by atoms with E-state index in [0.29, 0.717) is 25.0 Å². The van der Waals surface area contributed by atoms with E-state index >= 15 is 0 Å². The van der Waals surface area contributed by atoms with Gasteiger partial charge in [-0.15, -0.1) is 23.5 Å². The fourth-order valence-corrected chi connectivity index (χ4v) is 2.31. The highest BCUT2D eigenvalue weighted by Crippen LogP contribution is 2.07. The summed E-state index contributed by atoms with van der Waals surface area (Å²) < 4.78 is 10.1. The number of hydrogen-bond donors (Lipinski definition) is 2. The van der Waals surface area contributed by atoms with Crippen LogP contribution in [0.1, 0.15) is 44.9 Å². The maximum atomic E-state index is 11.2. The van der Waals surface area contributed by atoms with Crippen LogP contribution >= 0.6 is 23.5 Å². The van der Waals surface area contributed by atoms with Crippen LogP contribution < -0.4 is 10.6 Å². The zero-order chi connectivity index (χ0) is 17.2. The summed E-state index contributed by atoms with van der Waals surface area (Å²) in [5.74, 6) is 1.17. The molecule has 0 heterocycles. The van der Waals surface area contributed by atoms with E-state index in [1.165, 1.54) is 0 Å². The average molecular weight is 367 g/mol. The van der Waals surface area contributed by atoms with Crippen LogP contribution in [0.3, 0.4) is 0 Å². The third-order valence-electron chi connectivity index (χ3n) is 2.98. The topological polar surface area (TPSA) is 76.7 Å². The van der Waals surface area contributed by atoms with Gasteiger partial charge in [-0.25, -0.2) is 9.59 Å². The van der Waals surface area contributed by atoms with Crippen molar-refractivity contribution in [2.24, 2.45) is 0 Å². The van der Waals surface area contributed by atoms with Crippen LogP contribution in [-0.2, 0) is 9.47 Å². The van der Waals surface area contributed by atoms with Crippen LogP contribution in [-0.4, -0.2) is 49.7 Å². The van der Waals surface area contributed by atoms with Crippen molar-refractivity contribution in [3.63, 3.8) is 0 Å². The van der Waals surface area contributed by atoms with E-state index in [2.05, 4.69) is 10.6 Å². The molecule has 0 atom stereocenters. The Morgan fingerprint density at radius 2 is 1.04 bits per heavy atom. The second kappa shape index (κ2) is 17.6. The molecule has 0 aromatic carbocycles. The summed E-state index contributed by atoms with van der Waals surface area (Å²) in [7, 11) is 0. The number of nitrogens with one attached hydrogen (secondary N) is 2. The molecule has 8 heteroatoms. The van der Waals surface area contributed by atoms with Gasteiger partial charge < -0.3 is 20.1 Å². The van der Waals surface area contributed by atoms with Gasteiger partial charge in [0.15, 0.2) is 0 Å². The molecule has 0 saturated heterocycles. The van der Waals surface area contributed by atoms with E-state index < -0.39 is 0 Å². The zero-order valence-electron chi connectivity index (χ0n) is 14.2. The van der Waals surface area contributed by atoms with Crippen LogP contribution in [0, 0.1) is 0 Å². The Labute approximate surface area is 148 Å². The molecule has 0 unspecified atom stereocenters. The first-order chi connectivity index (χ1) is 11.2. The molecule has 23 heavy (non-hydrogen) atoms. The molecule has 0 aromatic rings. The van der Waals surface area contributed by atoms with Gasteiger partial charge in [0.1, 0.15) is 0 Å². The Morgan fingerprint density at radius 1 is 0.696 bits per heavy atom. The lowest BCUT2D eigenvalue weighted by Crippen LogP contribution is -2.23. The number of alkyl carbamates (subject to hydrolysis) is 2. The lowest BCUT2D eigenvalue weighted by Gasteiger charge is -2.06. The Kier molecular flexibility index (Phi) is 17.0. The molecule has 0 bridgehead atoms. The summed E-state index contributed by atoms with van der Waals surface area (Å²) in [6.07, 6.45) is 10.6. The molecule has 0 aromatic heterocycles. The minimum atomic E-state index is -0.332. The van der Waals surface area contributed by atoms with Crippen LogP contribution in [0.25, 0.3) is 0 Å². The molecule has 0 fully saturated rings. The standard InChI is InChI=1S/C15H30N2O4S2/c1-22-12-16-14(18)20-10-8-6-4-3-5-7-9-11-21-15(19)17-13-23-2/h3-13H2,1-2H3,(H,16,18)(H,17,19). The maximum Gasteiger partial charge on any atom is 0.407 e. The van der Waals surface area contributed by atoms with E-state index in [0.717, 1.165) is 44.9 Å². The molecule has 6 nitrogen and oxygen atoms in total. The quantitative estimate of drug-likeness (QED) is 0.360. The van der Waals surface area contributed by atoms with E-state index in [9.17, 15) is 9.59 Å². The summed E-state index contributed by atoms with van der Waals surface area (Å²) in [4.78, 5) is 22.3. The molecule has 2 N–H and O–H groups in total. The van der Waals surface area contributed by atoms with E-state index in [1.807, 2.05) is 12.5 Å². The fraction of sp³-hybridized carbons (Fsp3) is 0.867. The van der Waals surface area contributed by atoms with Crippen molar-refractivity contribution in [3.8, 4) is 0 Å². The number of unbranched alkanes of at least 4 members (excludes halogenated alkanes) is 6. The van der Waals surface area contributed by atoms with Gasteiger partial charge in [-0.2, -0.15) is 0 Å². The summed E-state index contributed by atoms with van der Waals surface area (Å²) >= 11 is 3.10. The zero-order valence-corrected chi connectivity index (χ0v) is 15.9. The minimum absolute atomic E-state index is 0.332. The minimum Gasteiger partial charge on any atom is -0.450 e. The van der Waals surface area contributed by atoms with Crippen molar-refractivity contribution in [3.05, 3.63) is 0 Å². The van der Waals surface area contributed by atoms with Crippen LogP contribution in [0.4, 0.5) is 9.59 Å². The lowest BCUT2D eigenvalue weighted by molar-refractivity contribution is 0.145. The SMILES string of the molecule is CSCNC(=O)OCCCCCCCCCOC(=O)NCSC. The summed E-state index contributed by atoms with van der Waals surface area (Å²) in [6, 6.07) is 0. The predicted octanol–water partition coefficient (Wildman–Crippen LogP) is 3.81. The Bertz CT molecular complexity index is 279. The number of carbonyl (C=O) groups is 2. The van der Waals surface area contributed by atoms with Gasteiger partial charge >= 0.3 is 12.2 Å². The summed E-state index contributed by atoms with van der Waals surface area (Å²) in [5, 5.41) is 5.29. The van der Waals surface area contributed by atoms with Crippen molar-refractivity contribution in [1.82, 2.24) is 10.6 Å². The largest absolute Gasteiger partial charge is 0.450 e. The first-order valence-corrected chi connectivity index (χ1v) is 10.8. The third kappa shape index (κ3) is 17.4. The van der Waals surface area contributed by atoms with Crippen molar-refractivity contribution in [2.75, 3.05) is 37.5 Å². The lowest BCUT2D eigenvalue weighted by atomic mass is 10.1. The normalized spacial score (nSPS) is 10.2. The van der Waals surface area contributed by atoms with Crippen LogP contribution in [0.2, 0.25) is 0 Å². The van der Waals surface area contributed by atoms with Gasteiger partial charge in [0, 0.05) is 0 Å². The van der Waals surface area contributed by atoms with Crippen molar-refractivity contribution in [1.29, 1.82) is 0 Å². The molecule has 0 aliphatic carbocycles. The predicted molar refractivity (Wildman–Crippen MR) is 98.1 cm³/mol. The molecule has 0 radical (unpaired) electrons. The number of ether oxygens (including phenoxy) is 2. The molecule has 0 rings (SSSR count). The highest BCUT2D eigenvalue weighted by Gasteiger charge is 2.01. The second-order valence-electron chi connectivity index (χ2n) is 4.97. The number of thioether (sulfide) groups is 2. The number of carbonyl (C=O) groups excluding carboxylic acids is 2. The molecule has 136 valence electrons. The fourth-order valence-electron chi connectivity index (χ4n) is 1.78. The van der Waals surface area contributed by atoms with Gasteiger partial charge in [0.2, 0.25) is 0 Å². The van der Waals surface area contributed by atoms with Gasteiger partial charge in [-0.1, -0.05) is 32.1 Å². The molecule has 0 saturated carbocycles. The highest BCUT2D eigenvalue weighted by atomic mass is 32.2. The second-order valence-corrected chi connectivity index (χ2v) is 6.70. The molecule has 0 aliphatic rings. The van der Waals surface area contributed by atoms with Gasteiger partial charge in [-0.05, 0) is 25.4 Å². The monoisotopic (exact) mass is 366 g/mol. The first-order valence-electron chi connectivity index (χ1n) is 7.99. The van der Waals surface area contributed by atoms with E-state index in [1.54, 1.807) is 23.5 Å². The van der Waals surface area contributed by atoms with Crippen molar-refractivity contribution >= 4 is 35.7 Å². The number of rotatable bonds is 14.